The van der Waals surface area contributed by atoms with Crippen molar-refractivity contribution >= 4 is 0 Å². The van der Waals surface area contributed by atoms with E-state index < -0.39 is 6.10 Å². The highest BCUT2D eigenvalue weighted by Gasteiger charge is 2.21. The molecule has 3 heteroatoms. The molecular weight excluding hydrogens is 178 g/mol. The quantitative estimate of drug-likeness (QED) is 0.741. The Morgan fingerprint density at radius 2 is 1.79 bits per heavy atom. The number of likely N-dealkylation sites (N-methyl/N-ethyl adjacent to an activating group) is 1. The molecule has 0 aliphatic rings. The van der Waals surface area contributed by atoms with E-state index in [1.165, 1.54) is 0 Å². The van der Waals surface area contributed by atoms with Crippen molar-refractivity contribution in [3.63, 3.8) is 0 Å². The Hall–Kier alpha value is -0.900. The number of hydrogen-bond acceptors (Lipinski definition) is 3. The number of aliphatic hydroxyl groups excluding tert-OH is 2. The van der Waals surface area contributed by atoms with E-state index in [1.54, 1.807) is 0 Å². The van der Waals surface area contributed by atoms with E-state index in [0.717, 1.165) is 5.56 Å². The smallest absolute Gasteiger partial charge is 0.0967 e. The maximum atomic E-state index is 9.95. The van der Waals surface area contributed by atoms with E-state index in [2.05, 4.69) is 0 Å². The Morgan fingerprint density at radius 1 is 1.21 bits per heavy atom. The molecule has 0 fully saturated rings. The first kappa shape index (κ1) is 11.2. The van der Waals surface area contributed by atoms with Crippen LogP contribution < -0.4 is 0 Å². The van der Waals surface area contributed by atoms with Crippen LogP contribution >= 0.6 is 0 Å². The summed E-state index contributed by atoms with van der Waals surface area (Å²) < 4.78 is 0. The van der Waals surface area contributed by atoms with Crippen molar-refractivity contribution in [2.75, 3.05) is 20.7 Å². The molecule has 78 valence electrons. The van der Waals surface area contributed by atoms with Gasteiger partial charge in [0.2, 0.25) is 0 Å². The zero-order valence-corrected chi connectivity index (χ0v) is 8.59. The lowest BCUT2D eigenvalue weighted by Gasteiger charge is -2.27. The number of hydrogen-bond donors (Lipinski definition) is 2. The fourth-order valence-corrected chi connectivity index (χ4v) is 1.42. The minimum absolute atomic E-state index is 0.0525. The largest absolute Gasteiger partial charge is 0.395 e. The van der Waals surface area contributed by atoms with Gasteiger partial charge in [0.25, 0.3) is 0 Å². The first-order chi connectivity index (χ1) is 6.66. The molecule has 0 saturated heterocycles. The summed E-state index contributed by atoms with van der Waals surface area (Å²) in [5.41, 5.74) is 0.834. The van der Waals surface area contributed by atoms with Gasteiger partial charge >= 0.3 is 0 Å². The Balaban J connectivity index is 2.78. The summed E-state index contributed by atoms with van der Waals surface area (Å²) in [6.07, 6.45) is -0.642. The SMILES string of the molecule is CN(C)[C@@H](CO)C(O)c1ccccc1. The summed E-state index contributed by atoms with van der Waals surface area (Å²) in [6.45, 7) is -0.0525. The molecule has 1 unspecified atom stereocenters. The summed E-state index contributed by atoms with van der Waals surface area (Å²) in [7, 11) is 3.68. The van der Waals surface area contributed by atoms with E-state index in [0.29, 0.717) is 0 Å². The minimum atomic E-state index is -0.642. The Bertz CT molecular complexity index is 261. The number of aliphatic hydroxyl groups is 2. The molecule has 3 nitrogen and oxygen atoms in total. The lowest BCUT2D eigenvalue weighted by atomic mass is 10.0. The highest BCUT2D eigenvalue weighted by Crippen LogP contribution is 2.18. The van der Waals surface area contributed by atoms with E-state index in [9.17, 15) is 5.11 Å². The first-order valence-electron chi connectivity index (χ1n) is 4.67. The molecule has 1 rings (SSSR count). The van der Waals surface area contributed by atoms with Crippen LogP contribution in [0.3, 0.4) is 0 Å². The number of benzene rings is 1. The van der Waals surface area contributed by atoms with Gasteiger partial charge in [-0.3, -0.25) is 0 Å². The molecular formula is C11H17NO2. The predicted molar refractivity (Wildman–Crippen MR) is 56.0 cm³/mol. The van der Waals surface area contributed by atoms with Crippen LogP contribution in [0, 0.1) is 0 Å². The lowest BCUT2D eigenvalue weighted by Crippen LogP contribution is -2.37. The van der Waals surface area contributed by atoms with Crippen molar-refractivity contribution in [2.45, 2.75) is 12.1 Å². The molecule has 0 saturated carbocycles. The van der Waals surface area contributed by atoms with Gasteiger partial charge < -0.3 is 15.1 Å². The van der Waals surface area contributed by atoms with Gasteiger partial charge in [-0.15, -0.1) is 0 Å². The highest BCUT2D eigenvalue weighted by molar-refractivity contribution is 5.18. The van der Waals surface area contributed by atoms with Crippen LogP contribution in [0.15, 0.2) is 30.3 Å². The van der Waals surface area contributed by atoms with Gasteiger partial charge in [-0.05, 0) is 19.7 Å². The second-order valence-corrected chi connectivity index (χ2v) is 3.57. The van der Waals surface area contributed by atoms with Crippen LogP contribution in [0.2, 0.25) is 0 Å². The Labute approximate surface area is 84.6 Å². The molecule has 0 spiro atoms. The summed E-state index contributed by atoms with van der Waals surface area (Å²) >= 11 is 0. The molecule has 1 aromatic rings. The number of rotatable bonds is 4. The molecule has 0 aliphatic carbocycles. The third-order valence-corrected chi connectivity index (χ3v) is 2.36. The van der Waals surface area contributed by atoms with Gasteiger partial charge in [-0.25, -0.2) is 0 Å². The van der Waals surface area contributed by atoms with Crippen molar-refractivity contribution in [2.24, 2.45) is 0 Å². The summed E-state index contributed by atoms with van der Waals surface area (Å²) in [5, 5.41) is 19.1. The molecule has 14 heavy (non-hydrogen) atoms. The van der Waals surface area contributed by atoms with Crippen LogP contribution in [0.4, 0.5) is 0 Å². The van der Waals surface area contributed by atoms with Crippen molar-refractivity contribution < 1.29 is 10.2 Å². The lowest BCUT2D eigenvalue weighted by molar-refractivity contribution is 0.0390. The maximum Gasteiger partial charge on any atom is 0.0967 e. The molecule has 1 aromatic carbocycles. The molecule has 0 bridgehead atoms. The molecule has 0 radical (unpaired) electrons. The second-order valence-electron chi connectivity index (χ2n) is 3.57. The predicted octanol–water partition coefficient (Wildman–Crippen LogP) is 0.643. The normalized spacial score (nSPS) is 15.5. The van der Waals surface area contributed by atoms with Gasteiger partial charge in [0.1, 0.15) is 0 Å². The van der Waals surface area contributed by atoms with Crippen molar-refractivity contribution in [1.82, 2.24) is 4.90 Å². The average Bonchev–Trinajstić information content (AvgIpc) is 2.19. The zero-order valence-electron chi connectivity index (χ0n) is 8.59. The molecule has 2 N–H and O–H groups in total. The molecule has 0 amide bonds. The highest BCUT2D eigenvalue weighted by atomic mass is 16.3. The fraction of sp³-hybridized carbons (Fsp3) is 0.455. The summed E-state index contributed by atoms with van der Waals surface area (Å²) in [5.74, 6) is 0. The van der Waals surface area contributed by atoms with Crippen molar-refractivity contribution in [3.8, 4) is 0 Å². The first-order valence-corrected chi connectivity index (χ1v) is 4.67. The fourth-order valence-electron chi connectivity index (χ4n) is 1.42. The minimum Gasteiger partial charge on any atom is -0.395 e. The third kappa shape index (κ3) is 2.54. The topological polar surface area (TPSA) is 43.7 Å². The zero-order chi connectivity index (χ0) is 10.6. The van der Waals surface area contributed by atoms with Crippen molar-refractivity contribution in [3.05, 3.63) is 35.9 Å². The summed E-state index contributed by atoms with van der Waals surface area (Å²) in [6, 6.07) is 9.12. The van der Waals surface area contributed by atoms with Gasteiger partial charge in [-0.1, -0.05) is 30.3 Å². The van der Waals surface area contributed by atoms with Crippen LogP contribution in [-0.2, 0) is 0 Å². The monoisotopic (exact) mass is 195 g/mol. The molecule has 0 aromatic heterocycles. The van der Waals surface area contributed by atoms with Crippen LogP contribution in [-0.4, -0.2) is 41.9 Å². The molecule has 0 aliphatic heterocycles. The Morgan fingerprint density at radius 3 is 2.21 bits per heavy atom. The Kier molecular flexibility index (Phi) is 4.07. The molecule has 2 atom stereocenters. The van der Waals surface area contributed by atoms with Crippen molar-refractivity contribution in [1.29, 1.82) is 0 Å². The maximum absolute atomic E-state index is 9.95. The van der Waals surface area contributed by atoms with E-state index in [1.807, 2.05) is 49.3 Å². The van der Waals surface area contributed by atoms with E-state index in [4.69, 9.17) is 5.11 Å². The van der Waals surface area contributed by atoms with Gasteiger partial charge in [0.15, 0.2) is 0 Å². The van der Waals surface area contributed by atoms with E-state index >= 15 is 0 Å². The van der Waals surface area contributed by atoms with E-state index in [-0.39, 0.29) is 12.6 Å². The molecule has 0 heterocycles. The van der Waals surface area contributed by atoms with Crippen LogP contribution in [0.1, 0.15) is 11.7 Å². The summed E-state index contributed by atoms with van der Waals surface area (Å²) in [4.78, 5) is 1.82. The van der Waals surface area contributed by atoms with Gasteiger partial charge in [0, 0.05) is 0 Å². The van der Waals surface area contributed by atoms with Crippen LogP contribution in [0.5, 0.6) is 0 Å². The third-order valence-electron chi connectivity index (χ3n) is 2.36. The van der Waals surface area contributed by atoms with Gasteiger partial charge in [0.05, 0.1) is 18.8 Å². The van der Waals surface area contributed by atoms with Crippen LogP contribution in [0.25, 0.3) is 0 Å². The van der Waals surface area contributed by atoms with Gasteiger partial charge in [-0.2, -0.15) is 0 Å². The second kappa shape index (κ2) is 5.10. The number of nitrogens with zero attached hydrogens (tertiary/aromatic N) is 1. The average molecular weight is 195 g/mol. The standard InChI is InChI=1S/C11H17NO2/c1-12(2)10(8-13)11(14)9-6-4-3-5-7-9/h3-7,10-11,13-14H,8H2,1-2H3/t10-,11?/m0/s1.